The first-order chi connectivity index (χ1) is 13.5. The number of benzene rings is 2. The molecule has 2 heterocycles. The summed E-state index contributed by atoms with van der Waals surface area (Å²) in [5.41, 5.74) is 3.65. The van der Waals surface area contributed by atoms with Crippen LogP contribution in [0.2, 0.25) is 5.02 Å². The average molecular weight is 412 g/mol. The van der Waals surface area contributed by atoms with Crippen LogP contribution in [0.5, 0.6) is 0 Å². The molecule has 28 heavy (non-hydrogen) atoms. The summed E-state index contributed by atoms with van der Waals surface area (Å²) < 4.78 is 0. The number of aromatic nitrogens is 1. The molecule has 2 N–H and O–H groups in total. The van der Waals surface area contributed by atoms with Gasteiger partial charge < -0.3 is 10.6 Å². The molecule has 5 nitrogen and oxygen atoms in total. The lowest BCUT2D eigenvalue weighted by atomic mass is 9.90. The van der Waals surface area contributed by atoms with E-state index in [4.69, 9.17) is 11.6 Å². The molecule has 0 saturated carbocycles. The minimum Gasteiger partial charge on any atom is -0.326 e. The van der Waals surface area contributed by atoms with Crippen molar-refractivity contribution in [3.8, 4) is 0 Å². The van der Waals surface area contributed by atoms with E-state index >= 15 is 0 Å². The summed E-state index contributed by atoms with van der Waals surface area (Å²) >= 11 is 7.62. The lowest BCUT2D eigenvalue weighted by molar-refractivity contribution is -0.123. The third kappa shape index (κ3) is 3.93. The van der Waals surface area contributed by atoms with Crippen LogP contribution in [0.3, 0.4) is 0 Å². The number of fused-ring (bicyclic) bond motifs is 1. The largest absolute Gasteiger partial charge is 0.326 e. The van der Waals surface area contributed by atoms with Gasteiger partial charge in [0.15, 0.2) is 5.13 Å². The van der Waals surface area contributed by atoms with Crippen molar-refractivity contribution in [2.24, 2.45) is 0 Å². The quantitative estimate of drug-likeness (QED) is 0.650. The zero-order valence-corrected chi connectivity index (χ0v) is 16.7. The first-order valence-corrected chi connectivity index (χ1v) is 10.1. The Bertz CT molecular complexity index is 1060. The molecule has 1 atom stereocenters. The summed E-state index contributed by atoms with van der Waals surface area (Å²) in [6, 6.07) is 13.4. The predicted molar refractivity (Wildman–Crippen MR) is 112 cm³/mol. The number of hydrogen-bond donors (Lipinski definition) is 2. The first kappa shape index (κ1) is 18.7. The van der Waals surface area contributed by atoms with E-state index in [1.165, 1.54) is 11.3 Å². The number of halogens is 1. The molecule has 0 radical (unpaired) electrons. The molecule has 2 amide bonds. The standard InChI is InChI=1S/C21H18ClN3O2S/c1-12-6-7-13(9-17(12)22)8-14-11-23-21(28-14)25-20(27)16-10-19(26)24-18-5-3-2-4-15(16)18/h2-7,9,11,16H,8,10H2,1H3,(H,24,26)(H,23,25,27). The Balaban J connectivity index is 1.47. The molecule has 1 unspecified atom stereocenters. The van der Waals surface area contributed by atoms with Crippen molar-refractivity contribution in [2.45, 2.75) is 25.7 Å². The van der Waals surface area contributed by atoms with Gasteiger partial charge in [0.1, 0.15) is 0 Å². The number of thiazole rings is 1. The Morgan fingerprint density at radius 2 is 2.14 bits per heavy atom. The number of nitrogens with zero attached hydrogens (tertiary/aromatic N) is 1. The molecule has 0 saturated heterocycles. The Labute approximate surface area is 171 Å². The highest BCUT2D eigenvalue weighted by atomic mass is 35.5. The Kier molecular flexibility index (Phi) is 5.15. The van der Waals surface area contributed by atoms with Crippen molar-refractivity contribution in [3.05, 3.63) is 75.3 Å². The molecule has 0 bridgehead atoms. The molecule has 1 aliphatic rings. The first-order valence-electron chi connectivity index (χ1n) is 8.89. The van der Waals surface area contributed by atoms with Gasteiger partial charge in [0, 0.05) is 34.6 Å². The number of rotatable bonds is 4. The van der Waals surface area contributed by atoms with Crippen molar-refractivity contribution in [2.75, 3.05) is 10.6 Å². The monoisotopic (exact) mass is 411 g/mol. The summed E-state index contributed by atoms with van der Waals surface area (Å²) in [6.45, 7) is 1.97. The van der Waals surface area contributed by atoms with Crippen LogP contribution in [0.4, 0.5) is 10.8 Å². The zero-order valence-electron chi connectivity index (χ0n) is 15.2. The third-order valence-corrected chi connectivity index (χ3v) is 6.03. The molecule has 1 aromatic heterocycles. The number of hydrogen-bond acceptors (Lipinski definition) is 4. The van der Waals surface area contributed by atoms with Gasteiger partial charge in [-0.15, -0.1) is 11.3 Å². The number of carbonyl (C=O) groups excluding carboxylic acids is 2. The maximum atomic E-state index is 12.8. The van der Waals surface area contributed by atoms with Crippen molar-refractivity contribution < 1.29 is 9.59 Å². The Morgan fingerprint density at radius 1 is 1.32 bits per heavy atom. The van der Waals surface area contributed by atoms with E-state index in [1.807, 2.05) is 43.3 Å². The minimum absolute atomic E-state index is 0.128. The maximum Gasteiger partial charge on any atom is 0.234 e. The van der Waals surface area contributed by atoms with Gasteiger partial charge in [0.2, 0.25) is 11.8 Å². The fourth-order valence-corrected chi connectivity index (χ4v) is 4.29. The van der Waals surface area contributed by atoms with E-state index in [0.29, 0.717) is 17.2 Å². The lowest BCUT2D eigenvalue weighted by Gasteiger charge is -2.24. The highest BCUT2D eigenvalue weighted by Gasteiger charge is 2.30. The van der Waals surface area contributed by atoms with E-state index in [1.54, 1.807) is 12.3 Å². The van der Waals surface area contributed by atoms with Crippen LogP contribution in [0, 0.1) is 6.92 Å². The summed E-state index contributed by atoms with van der Waals surface area (Å²) in [7, 11) is 0. The van der Waals surface area contributed by atoms with Crippen LogP contribution in [-0.2, 0) is 16.0 Å². The summed E-state index contributed by atoms with van der Waals surface area (Å²) in [5.74, 6) is -0.898. The van der Waals surface area contributed by atoms with E-state index in [9.17, 15) is 9.59 Å². The summed E-state index contributed by atoms with van der Waals surface area (Å²) in [4.78, 5) is 30.1. The van der Waals surface area contributed by atoms with E-state index < -0.39 is 5.92 Å². The van der Waals surface area contributed by atoms with Gasteiger partial charge in [-0.05, 0) is 35.7 Å². The zero-order chi connectivity index (χ0) is 19.7. The second-order valence-electron chi connectivity index (χ2n) is 6.77. The van der Waals surface area contributed by atoms with Crippen LogP contribution < -0.4 is 10.6 Å². The van der Waals surface area contributed by atoms with Crippen molar-refractivity contribution >= 4 is 45.6 Å². The molecule has 0 spiro atoms. The summed E-state index contributed by atoms with van der Waals surface area (Å²) in [5, 5.41) is 6.94. The molecule has 7 heteroatoms. The van der Waals surface area contributed by atoms with E-state index in [0.717, 1.165) is 26.6 Å². The van der Waals surface area contributed by atoms with Gasteiger partial charge in [-0.1, -0.05) is 41.9 Å². The van der Waals surface area contributed by atoms with Crippen LogP contribution in [0.15, 0.2) is 48.7 Å². The number of aryl methyl sites for hydroxylation is 1. The van der Waals surface area contributed by atoms with Gasteiger partial charge >= 0.3 is 0 Å². The van der Waals surface area contributed by atoms with Crippen molar-refractivity contribution in [3.63, 3.8) is 0 Å². The maximum absolute atomic E-state index is 12.8. The number of anilines is 2. The Hall–Kier alpha value is -2.70. The van der Waals surface area contributed by atoms with Gasteiger partial charge in [0.25, 0.3) is 0 Å². The fourth-order valence-electron chi connectivity index (χ4n) is 3.23. The highest BCUT2D eigenvalue weighted by Crippen LogP contribution is 2.33. The van der Waals surface area contributed by atoms with Gasteiger partial charge in [-0.2, -0.15) is 0 Å². The summed E-state index contributed by atoms with van der Waals surface area (Å²) in [6.07, 6.45) is 2.58. The van der Waals surface area contributed by atoms with Crippen molar-refractivity contribution in [1.29, 1.82) is 0 Å². The molecule has 0 fully saturated rings. The molecule has 142 valence electrons. The van der Waals surface area contributed by atoms with Gasteiger partial charge in [-0.3, -0.25) is 9.59 Å². The van der Waals surface area contributed by atoms with E-state index in [-0.39, 0.29) is 18.2 Å². The normalized spacial score (nSPS) is 15.6. The van der Waals surface area contributed by atoms with E-state index in [2.05, 4.69) is 15.6 Å². The topological polar surface area (TPSA) is 71.1 Å². The third-order valence-electron chi connectivity index (χ3n) is 4.71. The van der Waals surface area contributed by atoms with Crippen LogP contribution in [-0.4, -0.2) is 16.8 Å². The number of amides is 2. The van der Waals surface area contributed by atoms with Crippen LogP contribution in [0.25, 0.3) is 0 Å². The number of nitrogens with one attached hydrogen (secondary N) is 2. The second kappa shape index (κ2) is 7.73. The molecule has 3 aromatic rings. The fraction of sp³-hybridized carbons (Fsp3) is 0.190. The molecular weight excluding hydrogens is 394 g/mol. The number of para-hydroxylation sites is 1. The molecule has 0 aliphatic carbocycles. The minimum atomic E-state index is -0.520. The smallest absolute Gasteiger partial charge is 0.234 e. The molecule has 4 rings (SSSR count). The number of carbonyl (C=O) groups is 2. The van der Waals surface area contributed by atoms with Crippen molar-refractivity contribution in [1.82, 2.24) is 4.98 Å². The molecule has 2 aromatic carbocycles. The SMILES string of the molecule is Cc1ccc(Cc2cnc(NC(=O)C3CC(=O)Nc4ccccc43)s2)cc1Cl. The van der Waals surface area contributed by atoms with Gasteiger partial charge in [0.05, 0.1) is 5.92 Å². The second-order valence-corrected chi connectivity index (χ2v) is 8.30. The van der Waals surface area contributed by atoms with Gasteiger partial charge in [-0.25, -0.2) is 4.98 Å². The van der Waals surface area contributed by atoms with Crippen LogP contribution >= 0.6 is 22.9 Å². The predicted octanol–water partition coefficient (Wildman–Crippen LogP) is 4.76. The lowest BCUT2D eigenvalue weighted by Crippen LogP contribution is -2.30. The molecule has 1 aliphatic heterocycles. The molecular formula is C21H18ClN3O2S. The highest BCUT2D eigenvalue weighted by molar-refractivity contribution is 7.15. The average Bonchev–Trinajstić information content (AvgIpc) is 3.10. The Morgan fingerprint density at radius 3 is 2.96 bits per heavy atom. The van der Waals surface area contributed by atoms with Crippen LogP contribution in [0.1, 0.15) is 33.9 Å².